The van der Waals surface area contributed by atoms with Crippen molar-refractivity contribution in [3.63, 3.8) is 0 Å². The first-order chi connectivity index (χ1) is 7.76. The van der Waals surface area contributed by atoms with Gasteiger partial charge in [-0.15, -0.1) is 0 Å². The smallest absolute Gasteiger partial charge is 0.427 e. The van der Waals surface area contributed by atoms with Crippen molar-refractivity contribution < 1.29 is 14.3 Å². The zero-order chi connectivity index (χ0) is 11.8. The zero-order valence-corrected chi connectivity index (χ0v) is 9.27. The molecule has 0 heterocycles. The second-order valence-electron chi connectivity index (χ2n) is 2.86. The third kappa shape index (κ3) is 4.00. The van der Waals surface area contributed by atoms with Gasteiger partial charge < -0.3 is 9.47 Å². The van der Waals surface area contributed by atoms with Gasteiger partial charge in [0.1, 0.15) is 5.75 Å². The summed E-state index contributed by atoms with van der Waals surface area (Å²) in [4.78, 5) is 10.7. The van der Waals surface area contributed by atoms with Gasteiger partial charge in [-0.3, -0.25) is 0 Å². The molecule has 0 unspecified atom stereocenters. The van der Waals surface area contributed by atoms with E-state index in [4.69, 9.17) is 4.74 Å². The van der Waals surface area contributed by atoms with E-state index in [2.05, 4.69) is 15.3 Å². The fraction of sp³-hybridized carbons (Fsp3) is 0.273. The largest absolute Gasteiger partial charge is 0.494 e. The molecule has 0 fully saturated rings. The molecule has 0 aliphatic carbocycles. The number of benzene rings is 1. The monoisotopic (exact) mass is 222 g/mol. The third-order valence-corrected chi connectivity index (χ3v) is 1.75. The van der Waals surface area contributed by atoms with Gasteiger partial charge in [-0.05, 0) is 36.8 Å². The van der Waals surface area contributed by atoms with Crippen LogP contribution >= 0.6 is 0 Å². The van der Waals surface area contributed by atoms with Gasteiger partial charge in [0.05, 0.1) is 19.9 Å². The maximum Gasteiger partial charge on any atom is 0.427 e. The number of ether oxygens (including phenoxy) is 2. The molecule has 0 spiro atoms. The summed E-state index contributed by atoms with van der Waals surface area (Å²) in [6, 6.07) is 7.35. The van der Waals surface area contributed by atoms with Crippen LogP contribution in [-0.2, 0) is 4.74 Å². The number of carbonyl (C=O) groups is 1. The van der Waals surface area contributed by atoms with Crippen molar-refractivity contribution in [2.75, 3.05) is 13.7 Å². The lowest BCUT2D eigenvalue weighted by molar-refractivity contribution is 0.171. The van der Waals surface area contributed by atoms with Gasteiger partial charge in [0.2, 0.25) is 0 Å². The molecule has 86 valence electrons. The van der Waals surface area contributed by atoms with Crippen LogP contribution in [0.2, 0.25) is 0 Å². The number of methoxy groups -OCH3 is 1. The Kier molecular flexibility index (Phi) is 4.85. The Hall–Kier alpha value is -2.04. The molecule has 1 aromatic rings. The summed E-state index contributed by atoms with van der Waals surface area (Å²) in [5.74, 6) is 0.806. The van der Waals surface area contributed by atoms with E-state index in [9.17, 15) is 4.79 Å². The minimum atomic E-state index is -0.595. The molecule has 0 radical (unpaired) electrons. The summed E-state index contributed by atoms with van der Waals surface area (Å²) in [6.07, 6.45) is 0.925. The molecule has 1 rings (SSSR count). The van der Waals surface area contributed by atoms with Gasteiger partial charge in [-0.2, -0.15) is 5.10 Å². The van der Waals surface area contributed by atoms with E-state index in [0.29, 0.717) is 6.61 Å². The first-order valence-electron chi connectivity index (χ1n) is 4.86. The lowest BCUT2D eigenvalue weighted by atomic mass is 10.2. The van der Waals surface area contributed by atoms with Crippen molar-refractivity contribution in [1.82, 2.24) is 5.43 Å². The van der Waals surface area contributed by atoms with Gasteiger partial charge in [-0.1, -0.05) is 0 Å². The number of hydrogen-bond donors (Lipinski definition) is 1. The predicted molar refractivity (Wildman–Crippen MR) is 60.7 cm³/mol. The van der Waals surface area contributed by atoms with Crippen molar-refractivity contribution in [3.8, 4) is 5.75 Å². The van der Waals surface area contributed by atoms with Crippen LogP contribution < -0.4 is 10.2 Å². The predicted octanol–water partition coefficient (Wildman–Crippen LogP) is 1.78. The number of nitrogens with zero attached hydrogens (tertiary/aromatic N) is 1. The Morgan fingerprint density at radius 3 is 2.69 bits per heavy atom. The molecule has 0 saturated heterocycles. The summed E-state index contributed by atoms with van der Waals surface area (Å²) in [5, 5.41) is 3.70. The number of nitrogens with one attached hydrogen (secondary N) is 1. The van der Waals surface area contributed by atoms with Gasteiger partial charge in [0.15, 0.2) is 0 Å². The fourth-order valence-electron chi connectivity index (χ4n) is 1.02. The summed E-state index contributed by atoms with van der Waals surface area (Å²) in [6.45, 7) is 2.56. The molecule has 0 saturated carbocycles. The molecule has 1 aromatic carbocycles. The molecule has 5 nitrogen and oxygen atoms in total. The van der Waals surface area contributed by atoms with E-state index in [1.165, 1.54) is 13.3 Å². The van der Waals surface area contributed by atoms with Crippen LogP contribution in [0, 0.1) is 0 Å². The van der Waals surface area contributed by atoms with E-state index < -0.39 is 6.09 Å². The molecule has 16 heavy (non-hydrogen) atoms. The number of hydrogen-bond acceptors (Lipinski definition) is 4. The Morgan fingerprint density at radius 2 is 2.12 bits per heavy atom. The number of carbonyl (C=O) groups excluding carboxylic acids is 1. The molecule has 1 amide bonds. The number of rotatable bonds is 4. The molecule has 0 bridgehead atoms. The SMILES string of the molecule is CCOc1ccc(/C=N/NC(=O)OC)cc1. The van der Waals surface area contributed by atoms with Gasteiger partial charge >= 0.3 is 6.09 Å². The number of hydrazone groups is 1. The van der Waals surface area contributed by atoms with E-state index in [1.54, 1.807) is 0 Å². The molecule has 5 heteroatoms. The van der Waals surface area contributed by atoms with Crippen molar-refractivity contribution >= 4 is 12.3 Å². The third-order valence-electron chi connectivity index (χ3n) is 1.75. The van der Waals surface area contributed by atoms with Crippen LogP contribution in [0.25, 0.3) is 0 Å². The molecule has 0 aliphatic rings. The fourth-order valence-corrected chi connectivity index (χ4v) is 1.02. The van der Waals surface area contributed by atoms with Crippen LogP contribution in [0.5, 0.6) is 5.75 Å². The molecule has 1 N–H and O–H groups in total. The Balaban J connectivity index is 2.51. The maximum atomic E-state index is 10.7. The van der Waals surface area contributed by atoms with E-state index in [1.807, 2.05) is 31.2 Å². The molecular formula is C11H14N2O3. The highest BCUT2D eigenvalue weighted by molar-refractivity contribution is 5.80. The summed E-state index contributed by atoms with van der Waals surface area (Å²) >= 11 is 0. The first-order valence-corrected chi connectivity index (χ1v) is 4.86. The lowest BCUT2D eigenvalue weighted by Gasteiger charge is -2.02. The second-order valence-corrected chi connectivity index (χ2v) is 2.86. The van der Waals surface area contributed by atoms with Gasteiger partial charge in [0, 0.05) is 0 Å². The summed E-state index contributed by atoms with van der Waals surface area (Å²) in [7, 11) is 1.28. The van der Waals surface area contributed by atoms with Crippen LogP contribution in [-0.4, -0.2) is 26.0 Å². The van der Waals surface area contributed by atoms with E-state index in [-0.39, 0.29) is 0 Å². The number of amides is 1. The van der Waals surface area contributed by atoms with Gasteiger partial charge in [0.25, 0.3) is 0 Å². The van der Waals surface area contributed by atoms with Crippen LogP contribution in [0.3, 0.4) is 0 Å². The Labute approximate surface area is 94.1 Å². The lowest BCUT2D eigenvalue weighted by Crippen LogP contribution is -2.16. The standard InChI is InChI=1S/C11H14N2O3/c1-3-16-10-6-4-9(5-7-10)8-12-13-11(14)15-2/h4-8H,3H2,1-2H3,(H,13,14)/b12-8+. The quantitative estimate of drug-likeness (QED) is 0.624. The Morgan fingerprint density at radius 1 is 1.44 bits per heavy atom. The van der Waals surface area contributed by atoms with Crippen molar-refractivity contribution in [1.29, 1.82) is 0 Å². The minimum Gasteiger partial charge on any atom is -0.494 e. The average Bonchev–Trinajstić information content (AvgIpc) is 2.31. The average molecular weight is 222 g/mol. The molecule has 0 atom stereocenters. The van der Waals surface area contributed by atoms with Crippen molar-refractivity contribution in [2.24, 2.45) is 5.10 Å². The first kappa shape index (κ1) is 12.0. The molecule has 0 aromatic heterocycles. The molecular weight excluding hydrogens is 208 g/mol. The highest BCUT2D eigenvalue weighted by Crippen LogP contribution is 2.10. The highest BCUT2D eigenvalue weighted by Gasteiger charge is 1.94. The molecule has 0 aliphatic heterocycles. The topological polar surface area (TPSA) is 59.9 Å². The van der Waals surface area contributed by atoms with Crippen molar-refractivity contribution in [3.05, 3.63) is 29.8 Å². The van der Waals surface area contributed by atoms with Crippen LogP contribution in [0.1, 0.15) is 12.5 Å². The van der Waals surface area contributed by atoms with Crippen molar-refractivity contribution in [2.45, 2.75) is 6.92 Å². The minimum absolute atomic E-state index is 0.595. The summed E-state index contributed by atoms with van der Waals surface area (Å²) in [5.41, 5.74) is 3.06. The van der Waals surface area contributed by atoms with E-state index in [0.717, 1.165) is 11.3 Å². The Bertz CT molecular complexity index is 360. The van der Waals surface area contributed by atoms with E-state index >= 15 is 0 Å². The maximum absolute atomic E-state index is 10.7. The van der Waals surface area contributed by atoms with Crippen LogP contribution in [0.4, 0.5) is 4.79 Å². The zero-order valence-electron chi connectivity index (χ0n) is 9.27. The van der Waals surface area contributed by atoms with Crippen LogP contribution in [0.15, 0.2) is 29.4 Å². The normalized spacial score (nSPS) is 10.1. The highest BCUT2D eigenvalue weighted by atomic mass is 16.5. The summed E-state index contributed by atoms with van der Waals surface area (Å²) < 4.78 is 9.64. The second kappa shape index (κ2) is 6.44. The van der Waals surface area contributed by atoms with Gasteiger partial charge in [-0.25, -0.2) is 10.2 Å².